The van der Waals surface area contributed by atoms with Gasteiger partial charge in [-0.05, 0) is 11.8 Å². The monoisotopic (exact) mass is 684 g/mol. The van der Waals surface area contributed by atoms with Crippen molar-refractivity contribution in [1.82, 2.24) is 9.47 Å². The molecular weight excluding hydrogens is 668 g/mol. The van der Waals surface area contributed by atoms with Crippen LogP contribution in [0, 0.1) is 6.07 Å². The summed E-state index contributed by atoms with van der Waals surface area (Å²) in [6.45, 7) is 3.69. The second-order valence-corrected chi connectivity index (χ2v) is 5.13. The molecule has 1 aromatic carbocycles. The maximum Gasteiger partial charge on any atom is 0.106 e. The van der Waals surface area contributed by atoms with Crippen LogP contribution in [0.25, 0.3) is 11.3 Å². The number of benzene rings is 1. The predicted molar refractivity (Wildman–Crippen MR) is 76.8 cm³/mol. The fourth-order valence-electron chi connectivity index (χ4n) is 2.46. The number of halogens is 3. The zero-order chi connectivity index (χ0) is 13.1. The summed E-state index contributed by atoms with van der Waals surface area (Å²) < 4.78 is 6.39. The van der Waals surface area contributed by atoms with Gasteiger partial charge in [0.2, 0.25) is 0 Å². The van der Waals surface area contributed by atoms with Crippen LogP contribution in [0.3, 0.4) is 0 Å². The first kappa shape index (κ1) is 25.6. The molecule has 3 rings (SSSR count). The molecule has 0 N–H and O–H groups in total. The Labute approximate surface area is 183 Å². The number of rotatable bonds is 2. The van der Waals surface area contributed by atoms with E-state index in [2.05, 4.69) is 30.2 Å². The number of hydrogen-bond donors (Lipinski definition) is 0. The molecular formula is C16H18Br3IrN2O-3. The van der Waals surface area contributed by atoms with E-state index in [9.17, 15) is 0 Å². The normalized spacial score (nSPS) is 15.0. The van der Waals surface area contributed by atoms with Crippen LogP contribution in [-0.2, 0) is 24.8 Å². The Morgan fingerprint density at radius 1 is 1.09 bits per heavy atom. The van der Waals surface area contributed by atoms with Gasteiger partial charge in [-0.3, -0.25) is 0 Å². The number of quaternary nitrogens is 1. The summed E-state index contributed by atoms with van der Waals surface area (Å²) in [5.41, 5.74) is 3.34. The molecule has 0 bridgehead atoms. The van der Waals surface area contributed by atoms with Crippen molar-refractivity contribution in [2.45, 2.75) is 0 Å². The van der Waals surface area contributed by atoms with Gasteiger partial charge in [0.05, 0.1) is 25.9 Å². The smallest absolute Gasteiger partial charge is 0.106 e. The number of nitrogens with zero attached hydrogens (tertiary/aromatic N) is 2. The minimum Gasteiger partial charge on any atom is -1.00 e. The zero-order valence-corrected chi connectivity index (χ0v) is 19.8. The summed E-state index contributed by atoms with van der Waals surface area (Å²) in [5, 5.41) is 0. The molecule has 1 saturated heterocycles. The van der Waals surface area contributed by atoms with Crippen molar-refractivity contribution in [1.29, 1.82) is 0 Å². The van der Waals surface area contributed by atoms with E-state index in [1.807, 2.05) is 30.5 Å². The predicted octanol–water partition coefficient (Wildman–Crippen LogP) is -6.47. The maximum atomic E-state index is 5.47. The summed E-state index contributed by atoms with van der Waals surface area (Å²) in [6, 6.07) is 15.6. The number of aromatic nitrogens is 1. The Bertz CT molecular complexity index is 566. The molecule has 7 heteroatoms. The molecule has 2 heterocycles. The SMILES string of the molecule is C[N+]1(c2cc[c-]c(-c3ccccn3)c2)CCOCC1.[Br-].[Br-].[Br-].[Ir]. The molecule has 1 aliphatic heterocycles. The summed E-state index contributed by atoms with van der Waals surface area (Å²) in [5.74, 6) is 0. The van der Waals surface area contributed by atoms with Gasteiger partial charge in [-0.25, -0.2) is 0 Å². The Morgan fingerprint density at radius 3 is 2.39 bits per heavy atom. The van der Waals surface area contributed by atoms with Crippen molar-refractivity contribution < 1.29 is 75.8 Å². The van der Waals surface area contributed by atoms with Gasteiger partial charge >= 0.3 is 0 Å². The van der Waals surface area contributed by atoms with Crippen molar-refractivity contribution in [2.24, 2.45) is 0 Å². The van der Waals surface area contributed by atoms with Gasteiger partial charge in [-0.2, -0.15) is 0 Å². The first-order valence-electron chi connectivity index (χ1n) is 6.64. The van der Waals surface area contributed by atoms with E-state index in [1.165, 1.54) is 5.69 Å². The molecule has 1 aliphatic rings. The fraction of sp³-hybridized carbons (Fsp3) is 0.312. The van der Waals surface area contributed by atoms with Crippen LogP contribution >= 0.6 is 0 Å². The van der Waals surface area contributed by atoms with Gasteiger partial charge in [0, 0.05) is 26.3 Å². The van der Waals surface area contributed by atoms with E-state index in [0.717, 1.165) is 42.0 Å². The van der Waals surface area contributed by atoms with Crippen LogP contribution in [0.5, 0.6) is 0 Å². The minimum absolute atomic E-state index is 0. The Hall–Kier alpha value is 0.379. The molecule has 0 unspecified atom stereocenters. The third kappa shape index (κ3) is 6.31. The van der Waals surface area contributed by atoms with Crippen LogP contribution in [0.4, 0.5) is 5.69 Å². The zero-order valence-electron chi connectivity index (χ0n) is 12.6. The number of likely N-dealkylation sites (N-methyl/N-ethyl adjacent to an activating group) is 1. The molecule has 0 amide bonds. The van der Waals surface area contributed by atoms with E-state index >= 15 is 0 Å². The first-order valence-corrected chi connectivity index (χ1v) is 6.64. The molecule has 1 fully saturated rings. The van der Waals surface area contributed by atoms with Crippen LogP contribution < -0.4 is 55.4 Å². The molecule has 1 radical (unpaired) electrons. The first-order chi connectivity index (χ1) is 9.28. The molecule has 2 aromatic rings. The third-order valence-corrected chi connectivity index (χ3v) is 3.81. The fourth-order valence-corrected chi connectivity index (χ4v) is 2.46. The maximum absolute atomic E-state index is 5.47. The quantitative estimate of drug-likeness (QED) is 0.232. The summed E-state index contributed by atoms with van der Waals surface area (Å²) in [6.07, 6.45) is 1.82. The van der Waals surface area contributed by atoms with Gasteiger partial charge in [0.25, 0.3) is 0 Å². The number of ether oxygens (including phenoxy) is 1. The Kier molecular flexibility index (Phi) is 13.2. The molecule has 131 valence electrons. The third-order valence-electron chi connectivity index (χ3n) is 3.81. The summed E-state index contributed by atoms with van der Waals surface area (Å²) in [7, 11) is 2.26. The van der Waals surface area contributed by atoms with Gasteiger partial charge in [0.1, 0.15) is 13.1 Å². The minimum atomic E-state index is 0. The van der Waals surface area contributed by atoms with Gasteiger partial charge in [0.15, 0.2) is 0 Å². The van der Waals surface area contributed by atoms with Gasteiger partial charge in [-0.1, -0.05) is 24.3 Å². The van der Waals surface area contributed by atoms with E-state index < -0.39 is 0 Å². The molecule has 0 spiro atoms. The topological polar surface area (TPSA) is 22.1 Å². The molecule has 0 aliphatic carbocycles. The van der Waals surface area contributed by atoms with Crippen molar-refractivity contribution >= 4 is 5.69 Å². The molecule has 1 aromatic heterocycles. The standard InChI is InChI=1S/C16H18N2O.3BrH.Ir/c1-18(9-11-19-12-10-18)15-6-4-5-14(13-15)16-7-2-3-8-17-16;;;;/h2-4,6-8,13H,9-12H2,1H3;3*1H;/p-3. The van der Waals surface area contributed by atoms with Crippen LogP contribution in [0.15, 0.2) is 42.6 Å². The van der Waals surface area contributed by atoms with E-state index in [4.69, 9.17) is 4.74 Å². The Balaban J connectivity index is 0. The second-order valence-electron chi connectivity index (χ2n) is 5.13. The van der Waals surface area contributed by atoms with E-state index in [0.29, 0.717) is 0 Å². The molecule has 0 atom stereocenters. The summed E-state index contributed by atoms with van der Waals surface area (Å²) in [4.78, 5) is 4.40. The van der Waals surface area contributed by atoms with Crippen molar-refractivity contribution in [3.8, 4) is 11.3 Å². The average Bonchev–Trinajstić information content (AvgIpc) is 2.49. The van der Waals surface area contributed by atoms with Crippen molar-refractivity contribution in [3.63, 3.8) is 0 Å². The molecule has 23 heavy (non-hydrogen) atoms. The Morgan fingerprint density at radius 2 is 1.78 bits per heavy atom. The van der Waals surface area contributed by atoms with Crippen LogP contribution in [-0.4, -0.2) is 38.3 Å². The van der Waals surface area contributed by atoms with Crippen LogP contribution in [0.1, 0.15) is 0 Å². The second kappa shape index (κ2) is 11.9. The molecule has 0 saturated carbocycles. The van der Waals surface area contributed by atoms with Gasteiger partial charge in [-0.15, -0.1) is 17.7 Å². The number of morpholine rings is 1. The number of hydrogen-bond acceptors (Lipinski definition) is 2. The average molecular weight is 686 g/mol. The largest absolute Gasteiger partial charge is 1.00 e. The van der Waals surface area contributed by atoms with Gasteiger partial charge < -0.3 is 65.1 Å². The van der Waals surface area contributed by atoms with Crippen LogP contribution in [0.2, 0.25) is 0 Å². The number of pyridine rings is 1. The van der Waals surface area contributed by atoms with E-state index in [-0.39, 0.29) is 71.0 Å². The van der Waals surface area contributed by atoms with Crippen molar-refractivity contribution in [3.05, 3.63) is 48.7 Å². The van der Waals surface area contributed by atoms with Crippen molar-refractivity contribution in [2.75, 3.05) is 33.4 Å². The summed E-state index contributed by atoms with van der Waals surface area (Å²) >= 11 is 0. The van der Waals surface area contributed by atoms with E-state index in [1.54, 1.807) is 0 Å². The molecule has 3 nitrogen and oxygen atoms in total.